The van der Waals surface area contributed by atoms with Gasteiger partial charge in [0.05, 0.1) is 37.9 Å². The molecule has 134 valence electrons. The van der Waals surface area contributed by atoms with Crippen LogP contribution in [0.1, 0.15) is 22.1 Å². The molecule has 0 spiro atoms. The first kappa shape index (κ1) is 17.4. The van der Waals surface area contributed by atoms with Crippen LogP contribution in [0.4, 0.5) is 0 Å². The second-order valence-corrected chi connectivity index (χ2v) is 6.03. The summed E-state index contributed by atoms with van der Waals surface area (Å²) in [5.74, 6) is 0.0791. The number of imidazole rings is 1. The number of rotatable bonds is 5. The summed E-state index contributed by atoms with van der Waals surface area (Å²) in [6.45, 7) is 1.84. The molecule has 0 aliphatic carbocycles. The summed E-state index contributed by atoms with van der Waals surface area (Å²) >= 11 is 0. The number of hydrogen-bond acceptors (Lipinski definition) is 6. The van der Waals surface area contributed by atoms with Crippen LogP contribution in [-0.2, 0) is 11.8 Å². The number of morpholine rings is 1. The molecule has 0 unspecified atom stereocenters. The number of hydrogen-bond donors (Lipinski definition) is 1. The van der Waals surface area contributed by atoms with Gasteiger partial charge >= 0.3 is 0 Å². The Labute approximate surface area is 146 Å². The van der Waals surface area contributed by atoms with Gasteiger partial charge in [-0.1, -0.05) is 0 Å². The minimum atomic E-state index is -0.231. The molecular weight excluding hydrogens is 322 g/mol. The van der Waals surface area contributed by atoms with Crippen LogP contribution in [0.15, 0.2) is 30.9 Å². The Kier molecular flexibility index (Phi) is 5.30. The molecule has 1 aliphatic heterocycles. The van der Waals surface area contributed by atoms with E-state index in [1.807, 2.05) is 17.8 Å². The van der Waals surface area contributed by atoms with Gasteiger partial charge in [0.25, 0.3) is 5.91 Å². The number of amides is 1. The van der Waals surface area contributed by atoms with E-state index in [4.69, 9.17) is 9.47 Å². The molecule has 25 heavy (non-hydrogen) atoms. The molecular formula is C17H23N5O3. The lowest BCUT2D eigenvalue weighted by atomic mass is 10.0. The molecule has 8 nitrogen and oxygen atoms in total. The number of carbonyl (C=O) groups is 1. The van der Waals surface area contributed by atoms with Crippen LogP contribution in [-0.4, -0.2) is 65.3 Å². The van der Waals surface area contributed by atoms with Gasteiger partial charge in [-0.3, -0.25) is 9.69 Å². The van der Waals surface area contributed by atoms with Crippen molar-refractivity contribution in [2.75, 3.05) is 33.9 Å². The van der Waals surface area contributed by atoms with E-state index in [-0.39, 0.29) is 18.1 Å². The molecule has 0 radical (unpaired) electrons. The van der Waals surface area contributed by atoms with E-state index >= 15 is 0 Å². The Morgan fingerprint density at radius 1 is 1.48 bits per heavy atom. The fourth-order valence-electron chi connectivity index (χ4n) is 3.12. The SMILES string of the molecule is COc1ncccc1C(=O)NC[C@@H]1OCCN(C)[C@H]1c1cncn1C. The van der Waals surface area contributed by atoms with Crippen molar-refractivity contribution in [2.45, 2.75) is 12.1 Å². The molecule has 1 saturated heterocycles. The molecule has 2 aromatic rings. The summed E-state index contributed by atoms with van der Waals surface area (Å²) in [6, 6.07) is 3.42. The third-order valence-electron chi connectivity index (χ3n) is 4.43. The summed E-state index contributed by atoms with van der Waals surface area (Å²) in [5.41, 5.74) is 1.46. The molecule has 3 rings (SSSR count). The second-order valence-electron chi connectivity index (χ2n) is 6.03. The lowest BCUT2D eigenvalue weighted by Crippen LogP contribution is -2.48. The molecule has 1 fully saturated rings. The quantitative estimate of drug-likeness (QED) is 0.856. The maximum atomic E-state index is 12.5. The first-order valence-electron chi connectivity index (χ1n) is 8.17. The number of nitrogens with one attached hydrogen (secondary N) is 1. The van der Waals surface area contributed by atoms with E-state index in [2.05, 4.69) is 27.2 Å². The van der Waals surface area contributed by atoms with Crippen molar-refractivity contribution < 1.29 is 14.3 Å². The van der Waals surface area contributed by atoms with Crippen LogP contribution in [0.25, 0.3) is 0 Å². The Bertz CT molecular complexity index is 733. The number of nitrogens with zero attached hydrogens (tertiary/aromatic N) is 4. The highest BCUT2D eigenvalue weighted by Gasteiger charge is 2.33. The predicted octanol–water partition coefficient (Wildman–Crippen LogP) is 0.625. The first-order chi connectivity index (χ1) is 12.1. The molecule has 3 heterocycles. The zero-order chi connectivity index (χ0) is 17.8. The van der Waals surface area contributed by atoms with Crippen LogP contribution in [0.2, 0.25) is 0 Å². The standard InChI is InChI=1S/C17H23N5O3/c1-21-7-8-25-14(15(21)13-9-18-11-22(13)2)10-20-16(23)12-5-4-6-19-17(12)24-3/h4-6,9,11,14-15H,7-8,10H2,1-3H3,(H,20,23)/t14-,15-/m0/s1. The van der Waals surface area contributed by atoms with Crippen molar-refractivity contribution in [3.8, 4) is 5.88 Å². The maximum absolute atomic E-state index is 12.5. The molecule has 8 heteroatoms. The third kappa shape index (κ3) is 3.64. The average molecular weight is 345 g/mol. The van der Waals surface area contributed by atoms with E-state index in [1.165, 1.54) is 7.11 Å². The van der Waals surface area contributed by atoms with Crippen molar-refractivity contribution in [1.29, 1.82) is 0 Å². The van der Waals surface area contributed by atoms with Crippen LogP contribution < -0.4 is 10.1 Å². The molecule has 1 aliphatic rings. The Morgan fingerprint density at radius 3 is 3.04 bits per heavy atom. The summed E-state index contributed by atoms with van der Waals surface area (Å²) in [6.07, 6.45) is 5.04. The van der Waals surface area contributed by atoms with E-state index < -0.39 is 0 Å². The highest BCUT2D eigenvalue weighted by molar-refractivity contribution is 5.96. The van der Waals surface area contributed by atoms with Gasteiger partial charge in [0.1, 0.15) is 5.56 Å². The van der Waals surface area contributed by atoms with E-state index in [1.54, 1.807) is 24.7 Å². The minimum Gasteiger partial charge on any atom is -0.480 e. The average Bonchev–Trinajstić information content (AvgIpc) is 3.05. The van der Waals surface area contributed by atoms with Gasteiger partial charge in [0.2, 0.25) is 5.88 Å². The van der Waals surface area contributed by atoms with E-state index in [0.717, 1.165) is 12.2 Å². The van der Waals surface area contributed by atoms with Crippen molar-refractivity contribution >= 4 is 5.91 Å². The summed E-state index contributed by atoms with van der Waals surface area (Å²) in [7, 11) is 5.51. The Hall–Kier alpha value is -2.45. The highest BCUT2D eigenvalue weighted by atomic mass is 16.5. The normalized spacial score (nSPS) is 21.1. The number of ether oxygens (including phenoxy) is 2. The number of aryl methyl sites for hydroxylation is 1. The monoisotopic (exact) mass is 345 g/mol. The molecule has 0 aromatic carbocycles. The lowest BCUT2D eigenvalue weighted by molar-refractivity contribution is -0.0626. The highest BCUT2D eigenvalue weighted by Crippen LogP contribution is 2.27. The zero-order valence-corrected chi connectivity index (χ0v) is 14.7. The largest absolute Gasteiger partial charge is 0.480 e. The van der Waals surface area contributed by atoms with Gasteiger partial charge in [-0.15, -0.1) is 0 Å². The Morgan fingerprint density at radius 2 is 2.32 bits per heavy atom. The van der Waals surface area contributed by atoms with Crippen molar-refractivity contribution in [3.63, 3.8) is 0 Å². The second kappa shape index (κ2) is 7.62. The van der Waals surface area contributed by atoms with Gasteiger partial charge in [0, 0.05) is 32.5 Å². The van der Waals surface area contributed by atoms with E-state index in [0.29, 0.717) is 24.6 Å². The molecule has 0 bridgehead atoms. The smallest absolute Gasteiger partial charge is 0.256 e. The number of aromatic nitrogens is 3. The van der Waals surface area contributed by atoms with Crippen molar-refractivity contribution in [3.05, 3.63) is 42.1 Å². The minimum absolute atomic E-state index is 0.0253. The van der Waals surface area contributed by atoms with Gasteiger partial charge < -0.3 is 19.4 Å². The Balaban J connectivity index is 1.72. The lowest BCUT2D eigenvalue weighted by Gasteiger charge is -2.39. The fourth-order valence-corrected chi connectivity index (χ4v) is 3.12. The van der Waals surface area contributed by atoms with Crippen molar-refractivity contribution in [1.82, 2.24) is 24.8 Å². The maximum Gasteiger partial charge on any atom is 0.256 e. The van der Waals surface area contributed by atoms with E-state index in [9.17, 15) is 4.79 Å². The van der Waals surface area contributed by atoms with Gasteiger partial charge in [-0.25, -0.2) is 9.97 Å². The van der Waals surface area contributed by atoms with Crippen LogP contribution in [0.5, 0.6) is 5.88 Å². The molecule has 0 saturated carbocycles. The van der Waals surface area contributed by atoms with Gasteiger partial charge in [-0.2, -0.15) is 0 Å². The number of carbonyl (C=O) groups excluding carboxylic acids is 1. The van der Waals surface area contributed by atoms with Crippen LogP contribution >= 0.6 is 0 Å². The predicted molar refractivity (Wildman–Crippen MR) is 91.4 cm³/mol. The summed E-state index contributed by atoms with van der Waals surface area (Å²) < 4.78 is 13.1. The molecule has 2 aromatic heterocycles. The molecule has 2 atom stereocenters. The zero-order valence-electron chi connectivity index (χ0n) is 14.7. The number of likely N-dealkylation sites (N-methyl/N-ethyl adjacent to an activating group) is 1. The van der Waals surface area contributed by atoms with Crippen LogP contribution in [0, 0.1) is 0 Å². The molecule has 1 N–H and O–H groups in total. The van der Waals surface area contributed by atoms with Gasteiger partial charge in [-0.05, 0) is 19.2 Å². The van der Waals surface area contributed by atoms with Crippen LogP contribution in [0.3, 0.4) is 0 Å². The topological polar surface area (TPSA) is 81.5 Å². The van der Waals surface area contributed by atoms with Crippen molar-refractivity contribution in [2.24, 2.45) is 7.05 Å². The first-order valence-corrected chi connectivity index (χ1v) is 8.17. The fraction of sp³-hybridized carbons (Fsp3) is 0.471. The number of methoxy groups -OCH3 is 1. The summed E-state index contributed by atoms with van der Waals surface area (Å²) in [4.78, 5) is 23.0. The summed E-state index contributed by atoms with van der Waals surface area (Å²) in [5, 5.41) is 2.94. The third-order valence-corrected chi connectivity index (χ3v) is 4.43. The molecule has 1 amide bonds. The van der Waals surface area contributed by atoms with Gasteiger partial charge in [0.15, 0.2) is 0 Å². The number of pyridine rings is 1.